The SMILES string of the molecule is CCCCCCCCCC(=O)O[C@H](COC(=O)CCCCCCC)COP(=O)(O)OC[C@H](O)COP(=O)(O)OC[C@@H](COC(=O)CCCCCCCCCC(C)C)OC(=O)CCCCCCCCCCCCCCCCC(C)C. The monoisotopic (exact) mass is 1170 g/mol. The lowest BCUT2D eigenvalue weighted by molar-refractivity contribution is -0.161. The van der Waals surface area contributed by atoms with Crippen molar-refractivity contribution in [1.82, 2.24) is 0 Å². The van der Waals surface area contributed by atoms with Crippen molar-refractivity contribution in [3.05, 3.63) is 0 Å². The van der Waals surface area contributed by atoms with E-state index in [0.717, 1.165) is 121 Å². The molecule has 0 bridgehead atoms. The molecule has 0 amide bonds. The van der Waals surface area contributed by atoms with E-state index in [1.54, 1.807) is 0 Å². The number of esters is 4. The fourth-order valence-electron chi connectivity index (χ4n) is 8.82. The molecule has 19 heteroatoms. The summed E-state index contributed by atoms with van der Waals surface area (Å²) in [7, 11) is -9.86. The number of carbonyl (C=O) groups is 4. The molecule has 0 aliphatic heterocycles. The van der Waals surface area contributed by atoms with Crippen LogP contribution in [-0.2, 0) is 65.4 Å². The predicted molar refractivity (Wildman–Crippen MR) is 312 cm³/mol. The van der Waals surface area contributed by atoms with Crippen molar-refractivity contribution < 1.29 is 80.2 Å². The normalized spacial score (nSPS) is 14.4. The van der Waals surface area contributed by atoms with E-state index < -0.39 is 97.5 Å². The number of hydrogen-bond acceptors (Lipinski definition) is 15. The maximum absolute atomic E-state index is 12.9. The third-order valence-corrected chi connectivity index (χ3v) is 15.6. The summed E-state index contributed by atoms with van der Waals surface area (Å²) in [6.45, 7) is 9.30. The minimum absolute atomic E-state index is 0.102. The van der Waals surface area contributed by atoms with Gasteiger partial charge in [-0.25, -0.2) is 9.13 Å². The summed E-state index contributed by atoms with van der Waals surface area (Å²) in [6.07, 6.45) is 34.1. The van der Waals surface area contributed by atoms with Crippen LogP contribution in [0.4, 0.5) is 0 Å². The molecule has 3 N–H and O–H groups in total. The second kappa shape index (κ2) is 52.8. The quantitative estimate of drug-likeness (QED) is 0.0222. The van der Waals surface area contributed by atoms with E-state index in [9.17, 15) is 43.2 Å². The topological polar surface area (TPSA) is 237 Å². The molecule has 0 heterocycles. The van der Waals surface area contributed by atoms with Crippen molar-refractivity contribution in [2.24, 2.45) is 11.8 Å². The first kappa shape index (κ1) is 77.1. The van der Waals surface area contributed by atoms with Crippen molar-refractivity contribution in [3.8, 4) is 0 Å². The Bertz CT molecular complexity index is 1560. The maximum atomic E-state index is 12.9. The molecule has 0 rings (SSSR count). The van der Waals surface area contributed by atoms with Gasteiger partial charge < -0.3 is 33.8 Å². The number of ether oxygens (including phenoxy) is 4. The molecule has 0 saturated heterocycles. The minimum atomic E-state index is -4.94. The van der Waals surface area contributed by atoms with E-state index in [-0.39, 0.29) is 25.7 Å². The molecule has 2 unspecified atom stereocenters. The fraction of sp³-hybridized carbons (Fsp3) is 0.933. The van der Waals surface area contributed by atoms with E-state index in [1.165, 1.54) is 83.5 Å². The first-order valence-corrected chi connectivity index (χ1v) is 34.5. The van der Waals surface area contributed by atoms with Gasteiger partial charge in [-0.2, -0.15) is 0 Å². The van der Waals surface area contributed by atoms with Crippen molar-refractivity contribution in [1.29, 1.82) is 0 Å². The van der Waals surface area contributed by atoms with Crippen molar-refractivity contribution >= 4 is 39.5 Å². The van der Waals surface area contributed by atoms with Gasteiger partial charge >= 0.3 is 39.5 Å². The fourth-order valence-corrected chi connectivity index (χ4v) is 10.4. The average molecular weight is 1170 g/mol. The lowest BCUT2D eigenvalue weighted by Gasteiger charge is -2.21. The van der Waals surface area contributed by atoms with Crippen LogP contribution >= 0.6 is 15.6 Å². The van der Waals surface area contributed by atoms with Crippen LogP contribution in [0.3, 0.4) is 0 Å². The summed E-state index contributed by atoms with van der Waals surface area (Å²) in [5, 5.41) is 10.5. The highest BCUT2D eigenvalue weighted by Gasteiger charge is 2.30. The third-order valence-electron chi connectivity index (χ3n) is 13.7. The van der Waals surface area contributed by atoms with Gasteiger partial charge in [0.25, 0.3) is 0 Å². The number of rotatable bonds is 59. The highest BCUT2D eigenvalue weighted by atomic mass is 31.2. The average Bonchev–Trinajstić information content (AvgIpc) is 3.40. The van der Waals surface area contributed by atoms with Crippen LogP contribution in [0.25, 0.3) is 0 Å². The molecule has 0 spiro atoms. The number of unbranched alkanes of at least 4 members (excludes halogenated alkanes) is 29. The molecule has 468 valence electrons. The predicted octanol–water partition coefficient (Wildman–Crippen LogP) is 16.1. The zero-order valence-corrected chi connectivity index (χ0v) is 52.4. The number of phosphoric ester groups is 2. The molecule has 5 atom stereocenters. The van der Waals surface area contributed by atoms with Crippen molar-refractivity contribution in [2.75, 3.05) is 39.6 Å². The third kappa shape index (κ3) is 55.0. The van der Waals surface area contributed by atoms with Crippen LogP contribution in [0.5, 0.6) is 0 Å². The van der Waals surface area contributed by atoms with Gasteiger partial charge in [0.05, 0.1) is 26.4 Å². The molecule has 0 aromatic carbocycles. The highest BCUT2D eigenvalue weighted by Crippen LogP contribution is 2.45. The van der Waals surface area contributed by atoms with E-state index in [0.29, 0.717) is 31.6 Å². The van der Waals surface area contributed by atoms with Crippen molar-refractivity contribution in [3.63, 3.8) is 0 Å². The molecule has 0 radical (unpaired) electrons. The summed E-state index contributed by atoms with van der Waals surface area (Å²) in [5.74, 6) is -0.656. The lowest BCUT2D eigenvalue weighted by Crippen LogP contribution is -2.30. The summed E-state index contributed by atoms with van der Waals surface area (Å²) in [6, 6.07) is 0. The molecular weight excluding hydrogens is 1050 g/mol. The Hall–Kier alpha value is -1.94. The first-order valence-electron chi connectivity index (χ1n) is 31.5. The summed E-state index contributed by atoms with van der Waals surface area (Å²) in [5.41, 5.74) is 0. The summed E-state index contributed by atoms with van der Waals surface area (Å²) in [4.78, 5) is 71.6. The van der Waals surface area contributed by atoms with E-state index in [2.05, 4.69) is 41.5 Å². The van der Waals surface area contributed by atoms with Crippen LogP contribution in [0.1, 0.15) is 292 Å². The molecule has 17 nitrogen and oxygen atoms in total. The Morgan fingerprint density at radius 2 is 0.582 bits per heavy atom. The molecule has 0 aromatic rings. The van der Waals surface area contributed by atoms with Crippen LogP contribution in [0.15, 0.2) is 0 Å². The Morgan fingerprint density at radius 3 is 0.861 bits per heavy atom. The number of phosphoric acid groups is 2. The van der Waals surface area contributed by atoms with Gasteiger partial charge in [-0.1, -0.05) is 241 Å². The van der Waals surface area contributed by atoms with Gasteiger partial charge in [-0.3, -0.25) is 37.3 Å². The van der Waals surface area contributed by atoms with Gasteiger partial charge in [0, 0.05) is 25.7 Å². The van der Waals surface area contributed by atoms with Crippen LogP contribution in [-0.4, -0.2) is 96.7 Å². The van der Waals surface area contributed by atoms with Gasteiger partial charge in [0.15, 0.2) is 12.2 Å². The zero-order chi connectivity index (χ0) is 58.7. The molecule has 0 aliphatic carbocycles. The van der Waals surface area contributed by atoms with Crippen LogP contribution in [0, 0.1) is 11.8 Å². The summed E-state index contributed by atoms with van der Waals surface area (Å²) < 4.78 is 67.5. The lowest BCUT2D eigenvalue weighted by atomic mass is 10.0. The largest absolute Gasteiger partial charge is 0.472 e. The van der Waals surface area contributed by atoms with Gasteiger partial charge in [-0.05, 0) is 37.5 Å². The molecular formula is C60H116O17P2. The Labute approximate surface area is 479 Å². The molecule has 0 aliphatic rings. The summed E-state index contributed by atoms with van der Waals surface area (Å²) >= 11 is 0. The van der Waals surface area contributed by atoms with E-state index >= 15 is 0 Å². The van der Waals surface area contributed by atoms with Gasteiger partial charge in [0.2, 0.25) is 0 Å². The van der Waals surface area contributed by atoms with Crippen molar-refractivity contribution in [2.45, 2.75) is 310 Å². The minimum Gasteiger partial charge on any atom is -0.462 e. The Kier molecular flexibility index (Phi) is 51.5. The standard InChI is InChI=1S/C60H116O17P2/c1-7-9-11-13-23-32-38-44-59(64)76-55(48-70-57(62)42-36-28-12-10-8-2)50-74-78(66,67)72-46-54(61)47-73-79(68,69)75-51-56(49-71-58(63)43-37-31-27-22-25-30-35-41-53(5)6)77-60(65)45-39-33-26-21-19-17-15-14-16-18-20-24-29-34-40-52(3)4/h52-56,61H,7-51H2,1-6H3,(H,66,67)(H,68,69)/t54-,55+,56+/m0/s1. The molecule has 79 heavy (non-hydrogen) atoms. The van der Waals surface area contributed by atoms with E-state index in [4.69, 9.17) is 37.0 Å². The maximum Gasteiger partial charge on any atom is 0.472 e. The number of carbonyl (C=O) groups excluding carboxylic acids is 4. The van der Waals surface area contributed by atoms with Crippen LogP contribution < -0.4 is 0 Å². The Morgan fingerprint density at radius 1 is 0.342 bits per heavy atom. The van der Waals surface area contributed by atoms with Crippen LogP contribution in [0.2, 0.25) is 0 Å². The number of hydrogen-bond donors (Lipinski definition) is 3. The molecule has 0 fully saturated rings. The smallest absolute Gasteiger partial charge is 0.462 e. The van der Waals surface area contributed by atoms with Gasteiger partial charge in [-0.15, -0.1) is 0 Å². The molecule has 0 aromatic heterocycles. The highest BCUT2D eigenvalue weighted by molar-refractivity contribution is 7.47. The first-order chi connectivity index (χ1) is 37.9. The Balaban J connectivity index is 5.13. The second-order valence-corrected chi connectivity index (χ2v) is 25.6. The van der Waals surface area contributed by atoms with E-state index in [1.807, 2.05) is 0 Å². The van der Waals surface area contributed by atoms with Gasteiger partial charge in [0.1, 0.15) is 19.3 Å². The zero-order valence-electron chi connectivity index (χ0n) is 50.7. The number of aliphatic hydroxyl groups is 1. The molecule has 0 saturated carbocycles. The second-order valence-electron chi connectivity index (χ2n) is 22.7. The number of aliphatic hydroxyl groups excluding tert-OH is 1.